The summed E-state index contributed by atoms with van der Waals surface area (Å²) in [4.78, 5) is 16.5. The van der Waals surface area contributed by atoms with E-state index in [1.807, 2.05) is 12.1 Å². The molecule has 3 aromatic rings. The van der Waals surface area contributed by atoms with Gasteiger partial charge in [0.25, 0.3) is 0 Å². The molecule has 5 nitrogen and oxygen atoms in total. The first-order chi connectivity index (χ1) is 12.6. The predicted octanol–water partition coefficient (Wildman–Crippen LogP) is 5.07. The van der Waals surface area contributed by atoms with Crippen molar-refractivity contribution in [2.45, 2.75) is 18.5 Å². The number of hydrogen-bond donors (Lipinski definition) is 2. The molecule has 0 aliphatic heterocycles. The van der Waals surface area contributed by atoms with Gasteiger partial charge in [-0.15, -0.1) is 5.10 Å². The van der Waals surface area contributed by atoms with Crippen LogP contribution in [0.4, 0.5) is 5.69 Å². The van der Waals surface area contributed by atoms with Crippen LogP contribution in [0, 0.1) is 0 Å². The lowest BCUT2D eigenvalue weighted by atomic mass is 10.1. The highest BCUT2D eigenvalue weighted by molar-refractivity contribution is 7.99. The number of nitrogens with one attached hydrogen (secondary N) is 2. The van der Waals surface area contributed by atoms with E-state index in [1.165, 1.54) is 17.3 Å². The van der Waals surface area contributed by atoms with Gasteiger partial charge in [0, 0.05) is 5.56 Å². The molecular formula is C18H16Cl2N4OS. The third-order valence-electron chi connectivity index (χ3n) is 3.66. The number of rotatable bonds is 6. The average Bonchev–Trinajstić information content (AvgIpc) is 3.12. The number of halogens is 2. The SMILES string of the molecule is CCc1ccc(-c2nc(SCC(=O)Nc3c(Cl)cccc3Cl)n[nH]2)cc1. The van der Waals surface area contributed by atoms with Crippen molar-refractivity contribution in [3.63, 3.8) is 0 Å². The molecule has 0 bridgehead atoms. The monoisotopic (exact) mass is 406 g/mol. The standard InChI is InChI=1S/C18H16Cl2N4OS/c1-2-11-6-8-12(9-7-11)17-22-18(24-23-17)26-10-15(25)21-16-13(19)4-3-5-14(16)20/h3-9H,2,10H2,1H3,(H,21,25)(H,22,23,24). The molecule has 0 unspecified atom stereocenters. The Morgan fingerprint density at radius 1 is 1.15 bits per heavy atom. The Balaban J connectivity index is 1.60. The number of aryl methyl sites for hydroxylation is 1. The van der Waals surface area contributed by atoms with E-state index < -0.39 is 0 Å². The Labute approximate surface area is 165 Å². The lowest BCUT2D eigenvalue weighted by molar-refractivity contribution is -0.113. The van der Waals surface area contributed by atoms with Crippen LogP contribution in [-0.4, -0.2) is 26.8 Å². The van der Waals surface area contributed by atoms with E-state index in [1.54, 1.807) is 18.2 Å². The molecule has 0 radical (unpaired) electrons. The van der Waals surface area contributed by atoms with E-state index in [4.69, 9.17) is 23.2 Å². The Morgan fingerprint density at radius 3 is 2.50 bits per heavy atom. The lowest BCUT2D eigenvalue weighted by Crippen LogP contribution is -2.14. The number of aromatic amines is 1. The van der Waals surface area contributed by atoms with E-state index in [9.17, 15) is 4.79 Å². The van der Waals surface area contributed by atoms with Crippen LogP contribution in [0.1, 0.15) is 12.5 Å². The molecule has 26 heavy (non-hydrogen) atoms. The molecular weight excluding hydrogens is 391 g/mol. The second kappa shape index (κ2) is 8.58. The molecule has 3 rings (SSSR count). The summed E-state index contributed by atoms with van der Waals surface area (Å²) in [5.41, 5.74) is 2.62. The minimum atomic E-state index is -0.233. The molecule has 134 valence electrons. The van der Waals surface area contributed by atoms with Crippen molar-refractivity contribution in [3.8, 4) is 11.4 Å². The first-order valence-corrected chi connectivity index (χ1v) is 9.69. The van der Waals surface area contributed by atoms with E-state index in [0.717, 1.165) is 12.0 Å². The van der Waals surface area contributed by atoms with E-state index in [2.05, 4.69) is 39.6 Å². The van der Waals surface area contributed by atoms with Crippen molar-refractivity contribution in [3.05, 3.63) is 58.1 Å². The molecule has 0 spiro atoms. The van der Waals surface area contributed by atoms with Crippen LogP contribution in [0.2, 0.25) is 10.0 Å². The third kappa shape index (κ3) is 4.58. The zero-order chi connectivity index (χ0) is 18.5. The summed E-state index contributed by atoms with van der Waals surface area (Å²) in [6.45, 7) is 2.11. The molecule has 0 saturated heterocycles. The van der Waals surface area contributed by atoms with Gasteiger partial charge in [-0.25, -0.2) is 4.98 Å². The van der Waals surface area contributed by atoms with Crippen LogP contribution < -0.4 is 5.32 Å². The van der Waals surface area contributed by atoms with Crippen LogP contribution in [0.15, 0.2) is 47.6 Å². The number of nitrogens with zero attached hydrogens (tertiary/aromatic N) is 2. The van der Waals surface area contributed by atoms with Gasteiger partial charge in [-0.05, 0) is 24.1 Å². The number of thioether (sulfide) groups is 1. The molecule has 1 amide bonds. The van der Waals surface area contributed by atoms with Crippen molar-refractivity contribution in [1.82, 2.24) is 15.2 Å². The smallest absolute Gasteiger partial charge is 0.234 e. The maximum atomic E-state index is 12.1. The maximum absolute atomic E-state index is 12.1. The minimum absolute atomic E-state index is 0.146. The number of H-pyrrole nitrogens is 1. The van der Waals surface area contributed by atoms with Crippen LogP contribution in [0.25, 0.3) is 11.4 Å². The van der Waals surface area contributed by atoms with Gasteiger partial charge in [0.05, 0.1) is 21.5 Å². The minimum Gasteiger partial charge on any atom is -0.323 e. The summed E-state index contributed by atoms with van der Waals surface area (Å²) >= 11 is 13.3. The van der Waals surface area contributed by atoms with Crippen molar-refractivity contribution in [1.29, 1.82) is 0 Å². The van der Waals surface area contributed by atoms with Gasteiger partial charge in [-0.3, -0.25) is 9.89 Å². The van der Waals surface area contributed by atoms with Gasteiger partial charge in [0.1, 0.15) is 0 Å². The molecule has 0 atom stereocenters. The highest BCUT2D eigenvalue weighted by atomic mass is 35.5. The molecule has 0 fully saturated rings. The lowest BCUT2D eigenvalue weighted by Gasteiger charge is -2.08. The number of para-hydroxylation sites is 1. The van der Waals surface area contributed by atoms with Gasteiger partial charge in [-0.1, -0.05) is 72.2 Å². The van der Waals surface area contributed by atoms with E-state index in [0.29, 0.717) is 26.7 Å². The van der Waals surface area contributed by atoms with Crippen LogP contribution in [0.3, 0.4) is 0 Å². The molecule has 0 aliphatic carbocycles. The Bertz CT molecular complexity index is 892. The van der Waals surface area contributed by atoms with Crippen molar-refractivity contribution < 1.29 is 4.79 Å². The molecule has 1 aromatic heterocycles. The number of hydrogen-bond acceptors (Lipinski definition) is 4. The summed E-state index contributed by atoms with van der Waals surface area (Å²) in [5.74, 6) is 0.585. The summed E-state index contributed by atoms with van der Waals surface area (Å²) in [6.07, 6.45) is 0.988. The molecule has 2 aromatic carbocycles. The quantitative estimate of drug-likeness (QED) is 0.560. The summed E-state index contributed by atoms with van der Waals surface area (Å²) in [7, 11) is 0. The maximum Gasteiger partial charge on any atom is 0.234 e. The molecule has 0 aliphatic rings. The van der Waals surface area contributed by atoms with Crippen molar-refractivity contribution >= 4 is 46.6 Å². The fourth-order valence-corrected chi connectivity index (χ4v) is 3.35. The number of carbonyl (C=O) groups is 1. The summed E-state index contributed by atoms with van der Waals surface area (Å²) in [6, 6.07) is 13.2. The Kier molecular flexibility index (Phi) is 6.19. The number of benzene rings is 2. The normalized spacial score (nSPS) is 10.7. The fourth-order valence-electron chi connectivity index (χ4n) is 2.26. The number of carbonyl (C=O) groups excluding carboxylic acids is 1. The van der Waals surface area contributed by atoms with E-state index >= 15 is 0 Å². The van der Waals surface area contributed by atoms with Gasteiger partial charge >= 0.3 is 0 Å². The largest absolute Gasteiger partial charge is 0.323 e. The van der Waals surface area contributed by atoms with Crippen LogP contribution in [-0.2, 0) is 11.2 Å². The first kappa shape index (κ1) is 18.8. The van der Waals surface area contributed by atoms with Crippen LogP contribution >= 0.6 is 35.0 Å². The van der Waals surface area contributed by atoms with Crippen LogP contribution in [0.5, 0.6) is 0 Å². The number of amides is 1. The van der Waals surface area contributed by atoms with Gasteiger partial charge in [0.2, 0.25) is 11.1 Å². The highest BCUT2D eigenvalue weighted by Crippen LogP contribution is 2.30. The van der Waals surface area contributed by atoms with E-state index in [-0.39, 0.29) is 11.7 Å². The average molecular weight is 407 g/mol. The molecule has 1 heterocycles. The van der Waals surface area contributed by atoms with Crippen molar-refractivity contribution in [2.24, 2.45) is 0 Å². The Morgan fingerprint density at radius 2 is 1.85 bits per heavy atom. The fraction of sp³-hybridized carbons (Fsp3) is 0.167. The zero-order valence-electron chi connectivity index (χ0n) is 13.9. The van der Waals surface area contributed by atoms with Gasteiger partial charge in [-0.2, -0.15) is 0 Å². The second-order valence-corrected chi connectivity index (χ2v) is 7.21. The Hall–Kier alpha value is -2.02. The highest BCUT2D eigenvalue weighted by Gasteiger charge is 2.12. The first-order valence-electron chi connectivity index (χ1n) is 7.95. The summed E-state index contributed by atoms with van der Waals surface area (Å²) in [5, 5.41) is 11.0. The van der Waals surface area contributed by atoms with Crippen molar-refractivity contribution in [2.75, 3.05) is 11.1 Å². The number of anilines is 1. The van der Waals surface area contributed by atoms with Gasteiger partial charge < -0.3 is 5.32 Å². The third-order valence-corrected chi connectivity index (χ3v) is 5.14. The topological polar surface area (TPSA) is 70.7 Å². The predicted molar refractivity (Wildman–Crippen MR) is 107 cm³/mol. The zero-order valence-corrected chi connectivity index (χ0v) is 16.3. The molecule has 8 heteroatoms. The van der Waals surface area contributed by atoms with Gasteiger partial charge in [0.15, 0.2) is 5.82 Å². The number of aromatic nitrogens is 3. The molecule has 0 saturated carbocycles. The second-order valence-electron chi connectivity index (χ2n) is 5.45. The summed E-state index contributed by atoms with van der Waals surface area (Å²) < 4.78 is 0. The molecule has 2 N–H and O–H groups in total.